The van der Waals surface area contributed by atoms with Crippen LogP contribution < -0.4 is 5.32 Å². The molecule has 0 spiro atoms. The number of benzene rings is 1. The molecule has 0 aromatic heterocycles. The summed E-state index contributed by atoms with van der Waals surface area (Å²) in [5.74, 6) is 0.634. The Bertz CT molecular complexity index is 416. The van der Waals surface area contributed by atoms with Crippen LogP contribution in [0, 0.1) is 19.8 Å². The summed E-state index contributed by atoms with van der Waals surface area (Å²) in [6.07, 6.45) is 2.65. The highest BCUT2D eigenvalue weighted by Gasteiger charge is 2.33. The number of ether oxygens (including phenoxy) is 1. The maximum Gasteiger partial charge on any atom is 0.0796 e. The van der Waals surface area contributed by atoms with Crippen molar-refractivity contribution in [1.29, 1.82) is 0 Å². The molecule has 1 aromatic rings. The van der Waals surface area contributed by atoms with E-state index in [9.17, 15) is 0 Å². The molecule has 1 N–H and O–H groups in total. The molecule has 2 nitrogen and oxygen atoms in total. The van der Waals surface area contributed by atoms with Gasteiger partial charge >= 0.3 is 0 Å². The highest BCUT2D eigenvalue weighted by molar-refractivity contribution is 5.36. The summed E-state index contributed by atoms with van der Waals surface area (Å²) in [6.45, 7) is 10.9. The molecule has 1 saturated heterocycles. The topological polar surface area (TPSA) is 21.3 Å². The second-order valence-electron chi connectivity index (χ2n) is 5.82. The largest absolute Gasteiger partial charge is 0.376 e. The van der Waals surface area contributed by atoms with Gasteiger partial charge in [-0.05, 0) is 55.8 Å². The normalized spacial score (nSPS) is 24.6. The van der Waals surface area contributed by atoms with Crippen LogP contribution in [0.25, 0.3) is 0 Å². The third kappa shape index (κ3) is 3.18. The Hall–Kier alpha value is -0.860. The molecular formula is C17H27NO. The quantitative estimate of drug-likeness (QED) is 0.871. The molecule has 0 aliphatic carbocycles. The van der Waals surface area contributed by atoms with E-state index >= 15 is 0 Å². The molecule has 1 aliphatic rings. The third-order valence-corrected chi connectivity index (χ3v) is 4.37. The summed E-state index contributed by atoms with van der Waals surface area (Å²) >= 11 is 0. The van der Waals surface area contributed by atoms with Gasteiger partial charge in [-0.25, -0.2) is 0 Å². The van der Waals surface area contributed by atoms with Crippen LogP contribution in [-0.4, -0.2) is 19.3 Å². The van der Waals surface area contributed by atoms with Gasteiger partial charge in [-0.15, -0.1) is 0 Å². The maximum atomic E-state index is 6.01. The predicted octanol–water partition coefficient (Wildman–Crippen LogP) is 3.77. The van der Waals surface area contributed by atoms with Crippen LogP contribution in [0.15, 0.2) is 18.2 Å². The monoisotopic (exact) mass is 261 g/mol. The first kappa shape index (κ1) is 14.5. The zero-order valence-electron chi connectivity index (χ0n) is 12.7. The molecule has 1 fully saturated rings. The Morgan fingerprint density at radius 1 is 1.37 bits per heavy atom. The molecule has 0 amide bonds. The summed E-state index contributed by atoms with van der Waals surface area (Å²) in [6, 6.07) is 6.94. The summed E-state index contributed by atoms with van der Waals surface area (Å²) in [5, 5.41) is 3.70. The van der Waals surface area contributed by atoms with Crippen molar-refractivity contribution >= 4 is 0 Å². The van der Waals surface area contributed by atoms with Crippen LogP contribution in [-0.2, 0) is 4.74 Å². The van der Waals surface area contributed by atoms with Gasteiger partial charge in [0.15, 0.2) is 0 Å². The highest BCUT2D eigenvalue weighted by atomic mass is 16.5. The minimum atomic E-state index is 0.312. The summed E-state index contributed by atoms with van der Waals surface area (Å²) in [4.78, 5) is 0. The van der Waals surface area contributed by atoms with Crippen molar-refractivity contribution in [3.05, 3.63) is 34.9 Å². The molecule has 3 atom stereocenters. The van der Waals surface area contributed by atoms with Gasteiger partial charge in [0.2, 0.25) is 0 Å². The van der Waals surface area contributed by atoms with Crippen LogP contribution in [0.2, 0.25) is 0 Å². The lowest BCUT2D eigenvalue weighted by Crippen LogP contribution is -2.35. The average Bonchev–Trinajstić information content (AvgIpc) is 2.81. The van der Waals surface area contributed by atoms with Crippen LogP contribution in [0.1, 0.15) is 49.4 Å². The third-order valence-electron chi connectivity index (χ3n) is 4.37. The lowest BCUT2D eigenvalue weighted by atomic mass is 9.89. The first-order valence-electron chi connectivity index (χ1n) is 7.56. The van der Waals surface area contributed by atoms with Gasteiger partial charge in [0.05, 0.1) is 12.1 Å². The SMILES string of the molecule is CCCNC(c1cccc(C)c1C)C1OCCC1C. The standard InChI is InChI=1S/C17H27NO/c1-5-10-18-16(17-13(3)9-11-19-17)15-8-6-7-12(2)14(15)4/h6-8,13,16-18H,5,9-11H2,1-4H3. The minimum Gasteiger partial charge on any atom is -0.376 e. The first-order chi connectivity index (χ1) is 9.15. The number of aryl methyl sites for hydroxylation is 1. The summed E-state index contributed by atoms with van der Waals surface area (Å²) in [7, 11) is 0. The van der Waals surface area contributed by atoms with E-state index in [0.717, 1.165) is 19.6 Å². The zero-order valence-corrected chi connectivity index (χ0v) is 12.7. The molecule has 2 rings (SSSR count). The fourth-order valence-electron chi connectivity index (χ4n) is 2.96. The number of hydrogen-bond donors (Lipinski definition) is 1. The van der Waals surface area contributed by atoms with Crippen LogP contribution in [0.5, 0.6) is 0 Å². The minimum absolute atomic E-state index is 0.312. The number of hydrogen-bond acceptors (Lipinski definition) is 2. The van der Waals surface area contributed by atoms with E-state index in [4.69, 9.17) is 4.74 Å². The molecule has 106 valence electrons. The lowest BCUT2D eigenvalue weighted by molar-refractivity contribution is 0.0605. The fourth-order valence-corrected chi connectivity index (χ4v) is 2.96. The molecule has 19 heavy (non-hydrogen) atoms. The van der Waals surface area contributed by atoms with Crippen molar-refractivity contribution in [3.63, 3.8) is 0 Å². The molecule has 2 heteroatoms. The van der Waals surface area contributed by atoms with Gasteiger partial charge < -0.3 is 10.1 Å². The van der Waals surface area contributed by atoms with Gasteiger partial charge in [-0.2, -0.15) is 0 Å². The average molecular weight is 261 g/mol. The van der Waals surface area contributed by atoms with E-state index in [-0.39, 0.29) is 0 Å². The van der Waals surface area contributed by atoms with E-state index in [0.29, 0.717) is 18.1 Å². The van der Waals surface area contributed by atoms with Crippen molar-refractivity contribution in [1.82, 2.24) is 5.32 Å². The number of rotatable bonds is 5. The molecule has 3 unspecified atom stereocenters. The number of nitrogens with one attached hydrogen (secondary N) is 1. The summed E-state index contributed by atoms with van der Waals surface area (Å²) in [5.41, 5.74) is 4.18. The molecule has 0 saturated carbocycles. The Morgan fingerprint density at radius 2 is 2.16 bits per heavy atom. The Morgan fingerprint density at radius 3 is 2.79 bits per heavy atom. The van der Waals surface area contributed by atoms with Crippen LogP contribution in [0.3, 0.4) is 0 Å². The zero-order chi connectivity index (χ0) is 13.8. The molecule has 0 radical (unpaired) electrons. The smallest absolute Gasteiger partial charge is 0.0796 e. The Kier molecular flexibility index (Phi) is 5.00. The van der Waals surface area contributed by atoms with E-state index in [1.54, 1.807) is 0 Å². The van der Waals surface area contributed by atoms with E-state index in [1.165, 1.54) is 23.1 Å². The van der Waals surface area contributed by atoms with Crippen molar-refractivity contribution in [2.45, 2.75) is 52.7 Å². The van der Waals surface area contributed by atoms with E-state index < -0.39 is 0 Å². The van der Waals surface area contributed by atoms with E-state index in [1.807, 2.05) is 0 Å². The molecule has 1 aromatic carbocycles. The van der Waals surface area contributed by atoms with Crippen molar-refractivity contribution in [3.8, 4) is 0 Å². The fraction of sp³-hybridized carbons (Fsp3) is 0.647. The summed E-state index contributed by atoms with van der Waals surface area (Å²) < 4.78 is 6.01. The highest BCUT2D eigenvalue weighted by Crippen LogP contribution is 2.33. The van der Waals surface area contributed by atoms with Crippen molar-refractivity contribution < 1.29 is 4.74 Å². The van der Waals surface area contributed by atoms with Crippen molar-refractivity contribution in [2.24, 2.45) is 5.92 Å². The molecule has 1 heterocycles. The van der Waals surface area contributed by atoms with E-state index in [2.05, 4.69) is 51.2 Å². The second kappa shape index (κ2) is 6.53. The lowest BCUT2D eigenvalue weighted by Gasteiger charge is -2.29. The first-order valence-corrected chi connectivity index (χ1v) is 7.56. The Balaban J connectivity index is 2.28. The molecule has 0 bridgehead atoms. The van der Waals surface area contributed by atoms with Crippen LogP contribution in [0.4, 0.5) is 0 Å². The maximum absolute atomic E-state index is 6.01. The van der Waals surface area contributed by atoms with Crippen molar-refractivity contribution in [2.75, 3.05) is 13.2 Å². The van der Waals surface area contributed by atoms with Gasteiger partial charge in [-0.1, -0.05) is 32.0 Å². The van der Waals surface area contributed by atoms with Gasteiger partial charge in [-0.3, -0.25) is 0 Å². The Labute approximate surface area is 117 Å². The van der Waals surface area contributed by atoms with Gasteiger partial charge in [0, 0.05) is 6.61 Å². The molecular weight excluding hydrogens is 234 g/mol. The van der Waals surface area contributed by atoms with Gasteiger partial charge in [0.1, 0.15) is 0 Å². The molecule has 1 aliphatic heterocycles. The van der Waals surface area contributed by atoms with Gasteiger partial charge in [0.25, 0.3) is 0 Å². The van der Waals surface area contributed by atoms with Crippen LogP contribution >= 0.6 is 0 Å². The predicted molar refractivity (Wildman–Crippen MR) is 80.5 cm³/mol. The second-order valence-corrected chi connectivity index (χ2v) is 5.82.